The summed E-state index contributed by atoms with van der Waals surface area (Å²) in [5.74, 6) is 0.695. The highest BCUT2D eigenvalue weighted by Gasteiger charge is 2.12. The summed E-state index contributed by atoms with van der Waals surface area (Å²) in [6.45, 7) is 12.9. The van der Waals surface area contributed by atoms with Crippen molar-refractivity contribution < 1.29 is 9.53 Å². The van der Waals surface area contributed by atoms with Crippen molar-refractivity contribution in [3.05, 3.63) is 54.1 Å². The monoisotopic (exact) mass is 310 g/mol. The standard InChI is InChI=1S/C21H26O2/c1-14(2)10-11-23-21(22)16(5)18-7-9-19-12-17(15(3)4)6-8-20(19)13-18/h6-9,12-15H,5,10-11H2,1-4H3. The average Bonchev–Trinajstić information content (AvgIpc) is 2.52. The summed E-state index contributed by atoms with van der Waals surface area (Å²) in [5, 5.41) is 2.30. The van der Waals surface area contributed by atoms with Crippen LogP contribution in [0.5, 0.6) is 0 Å². The fraction of sp³-hybridized carbons (Fsp3) is 0.381. The maximum Gasteiger partial charge on any atom is 0.338 e. The molecule has 0 fully saturated rings. The molecule has 0 N–H and O–H groups in total. The van der Waals surface area contributed by atoms with Crippen LogP contribution in [0.25, 0.3) is 16.3 Å². The normalized spacial score (nSPS) is 11.2. The van der Waals surface area contributed by atoms with E-state index in [1.807, 2.05) is 18.2 Å². The lowest BCUT2D eigenvalue weighted by atomic mass is 9.97. The molecule has 0 aliphatic rings. The summed E-state index contributed by atoms with van der Waals surface area (Å²) in [6, 6.07) is 12.4. The second kappa shape index (κ2) is 7.45. The van der Waals surface area contributed by atoms with Crippen molar-refractivity contribution in [2.45, 2.75) is 40.0 Å². The number of carbonyl (C=O) groups is 1. The second-order valence-corrected chi connectivity index (χ2v) is 6.77. The van der Waals surface area contributed by atoms with Gasteiger partial charge < -0.3 is 4.74 Å². The van der Waals surface area contributed by atoms with E-state index in [0.717, 1.165) is 17.4 Å². The third kappa shape index (κ3) is 4.44. The summed E-state index contributed by atoms with van der Waals surface area (Å²) < 4.78 is 5.29. The van der Waals surface area contributed by atoms with E-state index in [9.17, 15) is 4.79 Å². The van der Waals surface area contributed by atoms with Gasteiger partial charge in [0, 0.05) is 0 Å². The molecule has 23 heavy (non-hydrogen) atoms. The lowest BCUT2D eigenvalue weighted by molar-refractivity contribution is -0.136. The van der Waals surface area contributed by atoms with Crippen LogP contribution in [0.1, 0.15) is 51.2 Å². The van der Waals surface area contributed by atoms with Crippen molar-refractivity contribution in [3.8, 4) is 0 Å². The zero-order chi connectivity index (χ0) is 17.0. The van der Waals surface area contributed by atoms with Gasteiger partial charge in [-0.1, -0.05) is 64.6 Å². The van der Waals surface area contributed by atoms with Gasteiger partial charge in [0.1, 0.15) is 0 Å². The number of hydrogen-bond acceptors (Lipinski definition) is 2. The number of fused-ring (bicyclic) bond motifs is 1. The highest BCUT2D eigenvalue weighted by Crippen LogP contribution is 2.25. The van der Waals surface area contributed by atoms with Crippen molar-refractivity contribution in [3.63, 3.8) is 0 Å². The van der Waals surface area contributed by atoms with Crippen molar-refractivity contribution in [1.82, 2.24) is 0 Å². The molecule has 2 nitrogen and oxygen atoms in total. The first kappa shape index (κ1) is 17.3. The third-order valence-corrected chi connectivity index (χ3v) is 4.05. The molecule has 0 atom stereocenters. The van der Waals surface area contributed by atoms with Crippen molar-refractivity contribution in [2.24, 2.45) is 5.92 Å². The van der Waals surface area contributed by atoms with E-state index in [1.54, 1.807) is 0 Å². The molecule has 2 aromatic rings. The number of ether oxygens (including phenoxy) is 1. The van der Waals surface area contributed by atoms with Crippen LogP contribution in [0.3, 0.4) is 0 Å². The molecular weight excluding hydrogens is 284 g/mol. The third-order valence-electron chi connectivity index (χ3n) is 4.05. The first-order chi connectivity index (χ1) is 10.9. The Kier molecular flexibility index (Phi) is 5.59. The fourth-order valence-electron chi connectivity index (χ4n) is 2.40. The Morgan fingerprint density at radius 3 is 2.35 bits per heavy atom. The highest BCUT2D eigenvalue weighted by atomic mass is 16.5. The van der Waals surface area contributed by atoms with Crippen LogP contribution in [0.15, 0.2) is 43.0 Å². The van der Waals surface area contributed by atoms with E-state index in [4.69, 9.17) is 4.74 Å². The molecule has 0 aliphatic carbocycles. The fourth-order valence-corrected chi connectivity index (χ4v) is 2.40. The van der Waals surface area contributed by atoms with Crippen LogP contribution in [0.2, 0.25) is 0 Å². The summed E-state index contributed by atoms with van der Waals surface area (Å²) in [5.41, 5.74) is 2.56. The van der Waals surface area contributed by atoms with Crippen molar-refractivity contribution >= 4 is 22.3 Å². The second-order valence-electron chi connectivity index (χ2n) is 6.77. The maximum atomic E-state index is 12.1. The van der Waals surface area contributed by atoms with Crippen LogP contribution in [0, 0.1) is 5.92 Å². The van der Waals surface area contributed by atoms with E-state index >= 15 is 0 Å². The van der Waals surface area contributed by atoms with Crippen LogP contribution >= 0.6 is 0 Å². The average molecular weight is 310 g/mol. The SMILES string of the molecule is C=C(C(=O)OCCC(C)C)c1ccc2cc(C(C)C)ccc2c1. The first-order valence-electron chi connectivity index (χ1n) is 8.28. The van der Waals surface area contributed by atoms with E-state index in [0.29, 0.717) is 24.0 Å². The first-order valence-corrected chi connectivity index (χ1v) is 8.28. The van der Waals surface area contributed by atoms with Gasteiger partial charge >= 0.3 is 5.97 Å². The van der Waals surface area contributed by atoms with Crippen molar-refractivity contribution in [2.75, 3.05) is 6.61 Å². The molecule has 0 saturated carbocycles. The smallest absolute Gasteiger partial charge is 0.338 e. The molecule has 0 saturated heterocycles. The summed E-state index contributed by atoms with van der Waals surface area (Å²) in [6.07, 6.45) is 0.870. The summed E-state index contributed by atoms with van der Waals surface area (Å²) in [4.78, 5) is 12.1. The quantitative estimate of drug-likeness (QED) is 0.515. The Hall–Kier alpha value is -2.09. The largest absolute Gasteiger partial charge is 0.462 e. The van der Waals surface area contributed by atoms with E-state index < -0.39 is 0 Å². The van der Waals surface area contributed by atoms with Crippen molar-refractivity contribution in [1.29, 1.82) is 0 Å². The Bertz CT molecular complexity index is 711. The van der Waals surface area contributed by atoms with Gasteiger partial charge in [-0.05, 0) is 46.2 Å². The molecule has 0 aliphatic heterocycles. The van der Waals surface area contributed by atoms with Gasteiger partial charge in [0.2, 0.25) is 0 Å². The summed E-state index contributed by atoms with van der Waals surface area (Å²) in [7, 11) is 0. The van der Waals surface area contributed by atoms with E-state index in [1.165, 1.54) is 10.9 Å². The Morgan fingerprint density at radius 2 is 1.70 bits per heavy atom. The maximum absolute atomic E-state index is 12.1. The molecule has 0 bridgehead atoms. The Morgan fingerprint density at radius 1 is 1.04 bits per heavy atom. The van der Waals surface area contributed by atoms with Crippen LogP contribution in [-0.2, 0) is 9.53 Å². The number of carbonyl (C=O) groups excluding carboxylic acids is 1. The van der Waals surface area contributed by atoms with E-state index in [2.05, 4.69) is 52.5 Å². The highest BCUT2D eigenvalue weighted by molar-refractivity contribution is 6.16. The van der Waals surface area contributed by atoms with Gasteiger partial charge in [0.15, 0.2) is 0 Å². The number of esters is 1. The molecule has 2 heteroatoms. The zero-order valence-corrected chi connectivity index (χ0v) is 14.6. The molecule has 2 aromatic carbocycles. The van der Waals surface area contributed by atoms with Gasteiger partial charge in [-0.25, -0.2) is 4.79 Å². The van der Waals surface area contributed by atoms with Crippen LogP contribution in [-0.4, -0.2) is 12.6 Å². The minimum Gasteiger partial charge on any atom is -0.462 e. The molecule has 0 aromatic heterocycles. The van der Waals surface area contributed by atoms with Gasteiger partial charge in [-0.15, -0.1) is 0 Å². The predicted molar refractivity (Wildman–Crippen MR) is 97.5 cm³/mol. The van der Waals surface area contributed by atoms with Gasteiger partial charge in [-0.3, -0.25) is 0 Å². The molecule has 0 heterocycles. The molecule has 0 radical (unpaired) electrons. The van der Waals surface area contributed by atoms with Crippen LogP contribution < -0.4 is 0 Å². The van der Waals surface area contributed by atoms with E-state index in [-0.39, 0.29) is 5.97 Å². The number of hydrogen-bond donors (Lipinski definition) is 0. The molecule has 0 unspecified atom stereocenters. The van der Waals surface area contributed by atoms with Gasteiger partial charge in [0.05, 0.1) is 12.2 Å². The topological polar surface area (TPSA) is 26.3 Å². The summed E-state index contributed by atoms with van der Waals surface area (Å²) >= 11 is 0. The lowest BCUT2D eigenvalue weighted by Gasteiger charge is -2.11. The Balaban J connectivity index is 2.15. The number of rotatable bonds is 6. The minimum atomic E-state index is -0.330. The van der Waals surface area contributed by atoms with Crippen LogP contribution in [0.4, 0.5) is 0 Å². The molecule has 122 valence electrons. The molecule has 0 amide bonds. The predicted octanol–water partition coefficient (Wildman–Crippen LogP) is 5.57. The zero-order valence-electron chi connectivity index (χ0n) is 14.6. The minimum absolute atomic E-state index is 0.330. The van der Waals surface area contributed by atoms with Gasteiger partial charge in [-0.2, -0.15) is 0 Å². The molecular formula is C21H26O2. The lowest BCUT2D eigenvalue weighted by Crippen LogP contribution is -2.09. The molecule has 0 spiro atoms. The Labute approximate surface area is 139 Å². The number of benzene rings is 2. The molecule has 2 rings (SSSR count). The van der Waals surface area contributed by atoms with Gasteiger partial charge in [0.25, 0.3) is 0 Å².